The number of hydrogen-bond acceptors (Lipinski definition) is 3. The van der Waals surface area contributed by atoms with Crippen molar-refractivity contribution >= 4 is 17.4 Å². The maximum absolute atomic E-state index is 12.4. The second kappa shape index (κ2) is 6.27. The maximum atomic E-state index is 12.4. The zero-order valence-electron chi connectivity index (χ0n) is 12.7. The molecule has 1 aromatic carbocycles. The van der Waals surface area contributed by atoms with E-state index in [0.717, 1.165) is 28.1 Å². The van der Waals surface area contributed by atoms with Crippen molar-refractivity contribution in [3.05, 3.63) is 57.4 Å². The number of benzene rings is 1. The first kappa shape index (κ1) is 15.5. The number of ether oxygens (including phenoxy) is 1. The molecule has 0 saturated carbocycles. The molecule has 0 saturated heterocycles. The van der Waals surface area contributed by atoms with Crippen LogP contribution in [-0.4, -0.2) is 17.9 Å². The van der Waals surface area contributed by atoms with Crippen molar-refractivity contribution in [2.24, 2.45) is 0 Å². The van der Waals surface area contributed by atoms with E-state index in [-0.39, 0.29) is 12.2 Å². The summed E-state index contributed by atoms with van der Waals surface area (Å²) >= 11 is 6.15. The fourth-order valence-corrected chi connectivity index (χ4v) is 2.68. The first-order chi connectivity index (χ1) is 9.93. The van der Waals surface area contributed by atoms with Gasteiger partial charge in [0.15, 0.2) is 5.78 Å². The maximum Gasteiger partial charge on any atom is 0.170 e. The molecule has 2 rings (SSSR count). The van der Waals surface area contributed by atoms with E-state index in [1.165, 1.54) is 0 Å². The van der Waals surface area contributed by atoms with Gasteiger partial charge < -0.3 is 4.74 Å². The van der Waals surface area contributed by atoms with Gasteiger partial charge in [0, 0.05) is 22.9 Å². The summed E-state index contributed by atoms with van der Waals surface area (Å²) in [6.45, 7) is 5.79. The van der Waals surface area contributed by atoms with Crippen LogP contribution in [0.1, 0.15) is 32.7 Å². The molecule has 0 N–H and O–H groups in total. The van der Waals surface area contributed by atoms with Crippen LogP contribution in [0.3, 0.4) is 0 Å². The smallest absolute Gasteiger partial charge is 0.170 e. The summed E-state index contributed by atoms with van der Waals surface area (Å²) < 4.78 is 5.37. The van der Waals surface area contributed by atoms with Crippen molar-refractivity contribution in [3.8, 4) is 5.75 Å². The molecule has 2 aromatic rings. The van der Waals surface area contributed by atoms with Crippen LogP contribution in [-0.2, 0) is 6.42 Å². The number of Topliss-reactive ketones (excluding diaryl/α,β-unsaturated/α-hetero) is 1. The zero-order chi connectivity index (χ0) is 15.6. The third-order valence-corrected chi connectivity index (χ3v) is 3.82. The molecule has 1 heterocycles. The Morgan fingerprint density at radius 1 is 1.29 bits per heavy atom. The number of pyridine rings is 1. The Morgan fingerprint density at radius 2 is 2.00 bits per heavy atom. The van der Waals surface area contributed by atoms with Crippen molar-refractivity contribution in [2.45, 2.75) is 27.2 Å². The van der Waals surface area contributed by atoms with E-state index in [1.54, 1.807) is 25.4 Å². The summed E-state index contributed by atoms with van der Waals surface area (Å²) in [6, 6.07) is 5.45. The second-order valence-corrected chi connectivity index (χ2v) is 5.54. The zero-order valence-corrected chi connectivity index (χ0v) is 13.4. The number of methoxy groups -OCH3 is 1. The lowest BCUT2D eigenvalue weighted by Crippen LogP contribution is -2.09. The van der Waals surface area contributed by atoms with Gasteiger partial charge in [-0.1, -0.05) is 17.7 Å². The number of ketones is 1. The lowest BCUT2D eigenvalue weighted by molar-refractivity contribution is 0.0992. The van der Waals surface area contributed by atoms with E-state index < -0.39 is 0 Å². The van der Waals surface area contributed by atoms with Crippen LogP contribution in [0.4, 0.5) is 0 Å². The van der Waals surface area contributed by atoms with E-state index in [9.17, 15) is 4.79 Å². The summed E-state index contributed by atoms with van der Waals surface area (Å²) in [6.07, 6.45) is 1.94. The van der Waals surface area contributed by atoms with Gasteiger partial charge in [0.25, 0.3) is 0 Å². The summed E-state index contributed by atoms with van der Waals surface area (Å²) in [5.74, 6) is 0.740. The number of hydrogen-bond donors (Lipinski definition) is 0. The summed E-state index contributed by atoms with van der Waals surface area (Å²) in [7, 11) is 1.62. The minimum atomic E-state index is -0.0403. The molecular formula is C17H18ClNO2. The predicted octanol–water partition coefficient (Wildman–Crippen LogP) is 4.09. The van der Waals surface area contributed by atoms with Crippen LogP contribution in [0.25, 0.3) is 0 Å². The molecule has 21 heavy (non-hydrogen) atoms. The van der Waals surface area contributed by atoms with Gasteiger partial charge in [-0.2, -0.15) is 0 Å². The molecule has 0 unspecified atom stereocenters. The molecule has 1 aromatic heterocycles. The van der Waals surface area contributed by atoms with E-state index in [4.69, 9.17) is 16.3 Å². The molecular weight excluding hydrogens is 286 g/mol. The van der Waals surface area contributed by atoms with E-state index in [0.29, 0.717) is 10.6 Å². The number of carbonyl (C=O) groups is 1. The van der Waals surface area contributed by atoms with Gasteiger partial charge in [-0.25, -0.2) is 0 Å². The lowest BCUT2D eigenvalue weighted by atomic mass is 10.0. The molecule has 0 atom stereocenters. The summed E-state index contributed by atoms with van der Waals surface area (Å²) in [5, 5.41) is 0.483. The van der Waals surface area contributed by atoms with Gasteiger partial charge in [-0.05, 0) is 38.5 Å². The largest absolute Gasteiger partial charge is 0.496 e. The monoisotopic (exact) mass is 303 g/mol. The van der Waals surface area contributed by atoms with Crippen molar-refractivity contribution < 1.29 is 9.53 Å². The molecule has 0 aliphatic carbocycles. The number of carbonyl (C=O) groups excluding carboxylic acids is 1. The second-order valence-electron chi connectivity index (χ2n) is 5.13. The molecule has 110 valence electrons. The Balaban J connectivity index is 2.32. The van der Waals surface area contributed by atoms with Crippen LogP contribution in [0, 0.1) is 20.8 Å². The molecule has 0 radical (unpaired) electrons. The van der Waals surface area contributed by atoms with Crippen molar-refractivity contribution in [3.63, 3.8) is 0 Å². The number of rotatable bonds is 4. The van der Waals surface area contributed by atoms with Crippen LogP contribution in [0.15, 0.2) is 24.4 Å². The Hall–Kier alpha value is -1.87. The highest BCUT2D eigenvalue weighted by molar-refractivity contribution is 6.34. The van der Waals surface area contributed by atoms with Crippen LogP contribution in [0.5, 0.6) is 5.75 Å². The van der Waals surface area contributed by atoms with Gasteiger partial charge >= 0.3 is 0 Å². The van der Waals surface area contributed by atoms with Gasteiger partial charge in [0.05, 0.1) is 24.2 Å². The highest BCUT2D eigenvalue weighted by Crippen LogP contribution is 2.26. The van der Waals surface area contributed by atoms with Crippen LogP contribution < -0.4 is 4.74 Å². The SMILES string of the molecule is COc1c(C)cnc(CC(=O)c2ccc(C)cc2Cl)c1C. The predicted molar refractivity (Wildman–Crippen MR) is 84.5 cm³/mol. The molecule has 3 nitrogen and oxygen atoms in total. The summed E-state index contributed by atoms with van der Waals surface area (Å²) in [4.78, 5) is 16.8. The molecule has 0 bridgehead atoms. The average molecular weight is 304 g/mol. The number of aryl methyl sites for hydroxylation is 2. The van der Waals surface area contributed by atoms with Crippen molar-refractivity contribution in [1.82, 2.24) is 4.98 Å². The van der Waals surface area contributed by atoms with Crippen molar-refractivity contribution in [2.75, 3.05) is 7.11 Å². The quantitative estimate of drug-likeness (QED) is 0.798. The Labute approximate surface area is 129 Å². The molecule has 0 aliphatic rings. The van der Waals surface area contributed by atoms with E-state index in [1.807, 2.05) is 26.8 Å². The molecule has 4 heteroatoms. The van der Waals surface area contributed by atoms with Crippen LogP contribution in [0.2, 0.25) is 5.02 Å². The number of aromatic nitrogens is 1. The normalized spacial score (nSPS) is 10.5. The number of halogens is 1. The van der Waals surface area contributed by atoms with Crippen LogP contribution >= 0.6 is 11.6 Å². The average Bonchev–Trinajstić information content (AvgIpc) is 2.42. The molecule has 0 aliphatic heterocycles. The first-order valence-electron chi connectivity index (χ1n) is 6.72. The highest BCUT2D eigenvalue weighted by atomic mass is 35.5. The number of nitrogens with zero attached hydrogens (tertiary/aromatic N) is 1. The summed E-state index contributed by atoms with van der Waals surface area (Å²) in [5.41, 5.74) is 4.14. The standard InChI is InChI=1S/C17H18ClNO2/c1-10-5-6-13(14(18)7-10)16(20)8-15-12(3)17(21-4)11(2)9-19-15/h5-7,9H,8H2,1-4H3. The lowest BCUT2D eigenvalue weighted by Gasteiger charge is -2.12. The third-order valence-electron chi connectivity index (χ3n) is 3.50. The minimum Gasteiger partial charge on any atom is -0.496 e. The highest BCUT2D eigenvalue weighted by Gasteiger charge is 2.16. The van der Waals surface area contributed by atoms with Gasteiger partial charge in [0.2, 0.25) is 0 Å². The Bertz CT molecular complexity index is 695. The topological polar surface area (TPSA) is 39.2 Å². The first-order valence-corrected chi connectivity index (χ1v) is 7.10. The fraction of sp³-hybridized carbons (Fsp3) is 0.294. The third kappa shape index (κ3) is 3.24. The van der Waals surface area contributed by atoms with Gasteiger partial charge in [-0.15, -0.1) is 0 Å². The minimum absolute atomic E-state index is 0.0403. The molecule has 0 fully saturated rings. The molecule has 0 spiro atoms. The van der Waals surface area contributed by atoms with E-state index >= 15 is 0 Å². The Morgan fingerprint density at radius 3 is 2.62 bits per heavy atom. The van der Waals surface area contributed by atoms with E-state index in [2.05, 4.69) is 4.98 Å². The van der Waals surface area contributed by atoms with Gasteiger partial charge in [-0.3, -0.25) is 9.78 Å². The van der Waals surface area contributed by atoms with Gasteiger partial charge in [0.1, 0.15) is 5.75 Å². The fourth-order valence-electron chi connectivity index (χ4n) is 2.34. The molecule has 0 amide bonds. The Kier molecular flexibility index (Phi) is 4.63. The van der Waals surface area contributed by atoms with Crippen molar-refractivity contribution in [1.29, 1.82) is 0 Å².